The lowest BCUT2D eigenvalue weighted by Gasteiger charge is -2.10. The normalized spacial score (nSPS) is 11.4. The zero-order valence-electron chi connectivity index (χ0n) is 9.79. The van der Waals surface area contributed by atoms with Gasteiger partial charge in [0.2, 0.25) is 0 Å². The zero-order valence-corrected chi connectivity index (χ0v) is 11.4. The van der Waals surface area contributed by atoms with E-state index in [-0.39, 0.29) is 0 Å². The molecule has 0 fully saturated rings. The number of aromatic nitrogens is 2. The minimum atomic E-state index is -4.43. The molecule has 0 saturated carbocycles. The number of nitrogens with zero attached hydrogens (tertiary/aromatic N) is 2. The van der Waals surface area contributed by atoms with Crippen molar-refractivity contribution in [3.05, 3.63) is 46.3 Å². The quantitative estimate of drug-likeness (QED) is 0.891. The van der Waals surface area contributed by atoms with Crippen LogP contribution in [0.4, 0.5) is 24.7 Å². The summed E-state index contributed by atoms with van der Waals surface area (Å²) in [5.41, 5.74) is 0.485. The summed E-state index contributed by atoms with van der Waals surface area (Å²) in [6.45, 7) is 1.89. The molecule has 1 N–H and O–H groups in total. The van der Waals surface area contributed by atoms with Crippen LogP contribution in [0.1, 0.15) is 11.3 Å². The highest BCUT2D eigenvalue weighted by atomic mass is 79.9. The first kappa shape index (κ1) is 13.8. The zero-order chi connectivity index (χ0) is 14.0. The third kappa shape index (κ3) is 3.23. The maximum absolute atomic E-state index is 12.4. The van der Waals surface area contributed by atoms with Gasteiger partial charge >= 0.3 is 6.18 Å². The minimum absolute atomic E-state index is 0.437. The fourth-order valence-electron chi connectivity index (χ4n) is 1.40. The van der Waals surface area contributed by atoms with Gasteiger partial charge in [0.25, 0.3) is 0 Å². The standard InChI is InChI=1S/C12H9BrF3N3/c1-7-4-5-17-11(10(7)13)19-8-2-3-9(18-6-8)12(14,15)16/h2-6H,1H3,(H,17,19). The molecule has 3 nitrogen and oxygen atoms in total. The van der Waals surface area contributed by atoms with Crippen LogP contribution in [-0.4, -0.2) is 9.97 Å². The van der Waals surface area contributed by atoms with Crippen molar-refractivity contribution in [1.29, 1.82) is 0 Å². The highest BCUT2D eigenvalue weighted by molar-refractivity contribution is 9.10. The molecule has 2 rings (SSSR count). The van der Waals surface area contributed by atoms with Crippen molar-refractivity contribution < 1.29 is 13.2 Å². The molecule has 0 saturated heterocycles. The molecule has 7 heteroatoms. The van der Waals surface area contributed by atoms with Crippen LogP contribution in [0.3, 0.4) is 0 Å². The first-order valence-corrected chi connectivity index (χ1v) is 6.08. The van der Waals surface area contributed by atoms with E-state index in [1.165, 1.54) is 6.07 Å². The highest BCUT2D eigenvalue weighted by Crippen LogP contribution is 2.29. The number of halogens is 4. The van der Waals surface area contributed by atoms with Crippen LogP contribution >= 0.6 is 15.9 Å². The molecule has 19 heavy (non-hydrogen) atoms. The number of hydrogen-bond donors (Lipinski definition) is 1. The fraction of sp³-hybridized carbons (Fsp3) is 0.167. The Balaban J connectivity index is 2.23. The number of alkyl halides is 3. The van der Waals surface area contributed by atoms with E-state index in [4.69, 9.17) is 0 Å². The molecule has 0 spiro atoms. The molecule has 2 aromatic rings. The van der Waals surface area contributed by atoms with Gasteiger partial charge in [0.05, 0.1) is 16.4 Å². The summed E-state index contributed by atoms with van der Waals surface area (Å²) in [4.78, 5) is 7.47. The Morgan fingerprint density at radius 3 is 2.47 bits per heavy atom. The lowest BCUT2D eigenvalue weighted by atomic mass is 10.3. The van der Waals surface area contributed by atoms with Crippen LogP contribution in [0.2, 0.25) is 0 Å². The molecule has 0 aliphatic heterocycles. The molecular weight excluding hydrogens is 323 g/mol. The second kappa shape index (κ2) is 5.16. The van der Waals surface area contributed by atoms with Crippen molar-refractivity contribution >= 4 is 27.4 Å². The van der Waals surface area contributed by atoms with Crippen molar-refractivity contribution in [2.45, 2.75) is 13.1 Å². The number of rotatable bonds is 2. The number of anilines is 2. The Kier molecular flexibility index (Phi) is 3.75. The molecule has 0 amide bonds. The first-order chi connectivity index (χ1) is 8.88. The molecule has 100 valence electrons. The van der Waals surface area contributed by atoms with E-state index in [1.54, 1.807) is 6.20 Å². The summed E-state index contributed by atoms with van der Waals surface area (Å²) in [6.07, 6.45) is -1.69. The summed E-state index contributed by atoms with van der Waals surface area (Å²) < 4.78 is 37.8. The summed E-state index contributed by atoms with van der Waals surface area (Å²) in [5, 5.41) is 2.90. The van der Waals surface area contributed by atoms with E-state index in [0.29, 0.717) is 11.5 Å². The van der Waals surface area contributed by atoms with Crippen molar-refractivity contribution in [2.24, 2.45) is 0 Å². The molecule has 2 aromatic heterocycles. The van der Waals surface area contributed by atoms with Gasteiger partial charge in [0.15, 0.2) is 0 Å². The van der Waals surface area contributed by atoms with Gasteiger partial charge < -0.3 is 5.32 Å². The van der Waals surface area contributed by atoms with Gasteiger partial charge in [0, 0.05) is 6.20 Å². The number of aryl methyl sites for hydroxylation is 1. The van der Waals surface area contributed by atoms with E-state index in [1.807, 2.05) is 13.0 Å². The minimum Gasteiger partial charge on any atom is -0.338 e. The lowest BCUT2D eigenvalue weighted by Crippen LogP contribution is -2.07. The van der Waals surface area contributed by atoms with E-state index in [9.17, 15) is 13.2 Å². The molecule has 0 unspecified atom stereocenters. The molecule has 0 atom stereocenters. The van der Waals surface area contributed by atoms with Crippen LogP contribution in [0, 0.1) is 6.92 Å². The van der Waals surface area contributed by atoms with E-state index < -0.39 is 11.9 Å². The molecule has 0 bridgehead atoms. The maximum Gasteiger partial charge on any atom is 0.433 e. The van der Waals surface area contributed by atoms with Crippen LogP contribution in [0.15, 0.2) is 35.1 Å². The fourth-order valence-corrected chi connectivity index (χ4v) is 1.73. The van der Waals surface area contributed by atoms with Crippen molar-refractivity contribution in [3.63, 3.8) is 0 Å². The average Bonchev–Trinajstić information content (AvgIpc) is 2.35. The first-order valence-electron chi connectivity index (χ1n) is 5.29. The molecular formula is C12H9BrF3N3. The van der Waals surface area contributed by atoms with Crippen LogP contribution in [0.5, 0.6) is 0 Å². The average molecular weight is 332 g/mol. The van der Waals surface area contributed by atoms with Gasteiger partial charge in [-0.15, -0.1) is 0 Å². The second-order valence-electron chi connectivity index (χ2n) is 3.85. The smallest absolute Gasteiger partial charge is 0.338 e. The van der Waals surface area contributed by atoms with Crippen molar-refractivity contribution in [3.8, 4) is 0 Å². The maximum atomic E-state index is 12.4. The Morgan fingerprint density at radius 1 is 1.16 bits per heavy atom. The Bertz CT molecular complexity index is 582. The predicted octanol–water partition coefficient (Wildman–Crippen LogP) is 4.31. The Labute approximate surface area is 116 Å². The summed E-state index contributed by atoms with van der Waals surface area (Å²) in [6, 6.07) is 4.05. The Hall–Kier alpha value is -1.63. The predicted molar refractivity (Wildman–Crippen MR) is 69.2 cm³/mol. The third-order valence-electron chi connectivity index (χ3n) is 2.40. The van der Waals surface area contributed by atoms with Crippen molar-refractivity contribution in [2.75, 3.05) is 5.32 Å². The number of hydrogen-bond acceptors (Lipinski definition) is 3. The van der Waals surface area contributed by atoms with Gasteiger partial charge in [-0.05, 0) is 46.6 Å². The van der Waals surface area contributed by atoms with Gasteiger partial charge in [0.1, 0.15) is 11.5 Å². The highest BCUT2D eigenvalue weighted by Gasteiger charge is 2.32. The molecule has 0 radical (unpaired) electrons. The second-order valence-corrected chi connectivity index (χ2v) is 4.64. The van der Waals surface area contributed by atoms with Gasteiger partial charge in [-0.1, -0.05) is 0 Å². The largest absolute Gasteiger partial charge is 0.433 e. The van der Waals surface area contributed by atoms with Gasteiger partial charge in [-0.2, -0.15) is 13.2 Å². The number of pyridine rings is 2. The monoisotopic (exact) mass is 331 g/mol. The van der Waals surface area contributed by atoms with Crippen LogP contribution < -0.4 is 5.32 Å². The molecule has 2 heterocycles. The van der Waals surface area contributed by atoms with Crippen LogP contribution in [0.25, 0.3) is 0 Å². The van der Waals surface area contributed by atoms with E-state index in [0.717, 1.165) is 22.3 Å². The summed E-state index contributed by atoms with van der Waals surface area (Å²) >= 11 is 3.36. The number of nitrogens with one attached hydrogen (secondary N) is 1. The van der Waals surface area contributed by atoms with Gasteiger partial charge in [-0.3, -0.25) is 0 Å². The summed E-state index contributed by atoms with van der Waals surface area (Å²) in [5.74, 6) is 0.529. The lowest BCUT2D eigenvalue weighted by molar-refractivity contribution is -0.141. The molecule has 0 aliphatic carbocycles. The van der Waals surface area contributed by atoms with Crippen LogP contribution in [-0.2, 0) is 6.18 Å². The van der Waals surface area contributed by atoms with Gasteiger partial charge in [-0.25, -0.2) is 9.97 Å². The molecule has 0 aromatic carbocycles. The SMILES string of the molecule is Cc1ccnc(Nc2ccc(C(F)(F)F)nc2)c1Br. The van der Waals surface area contributed by atoms with E-state index in [2.05, 4.69) is 31.2 Å². The third-order valence-corrected chi connectivity index (χ3v) is 3.40. The molecule has 0 aliphatic rings. The van der Waals surface area contributed by atoms with E-state index >= 15 is 0 Å². The van der Waals surface area contributed by atoms with Crippen molar-refractivity contribution in [1.82, 2.24) is 9.97 Å². The topological polar surface area (TPSA) is 37.8 Å². The Morgan fingerprint density at radius 2 is 1.89 bits per heavy atom. The summed E-state index contributed by atoms with van der Waals surface area (Å²) in [7, 11) is 0.